The van der Waals surface area contributed by atoms with Crippen molar-refractivity contribution in [2.45, 2.75) is 57.2 Å². The topological polar surface area (TPSA) is 42.0 Å². The molecular formula is C15H22Cl2N2OS. The molecule has 3 nitrogen and oxygen atoms in total. The minimum absolute atomic E-state index is 0.00910. The highest BCUT2D eigenvalue weighted by atomic mass is 35.5. The van der Waals surface area contributed by atoms with E-state index < -0.39 is 11.0 Å². The van der Waals surface area contributed by atoms with Crippen LogP contribution < -0.4 is 4.72 Å². The smallest absolute Gasteiger partial charge is 0.147 e. The number of rotatable bonds is 4. The number of halogens is 2. The Balaban J connectivity index is 2.27. The minimum atomic E-state index is -1.13. The summed E-state index contributed by atoms with van der Waals surface area (Å²) in [7, 11) is -1.13. The van der Waals surface area contributed by atoms with Gasteiger partial charge in [0.05, 0.1) is 20.8 Å². The molecule has 118 valence electrons. The fraction of sp³-hybridized carbons (Fsp3) is 0.667. The lowest BCUT2D eigenvalue weighted by molar-refractivity contribution is 0.415. The first kappa shape index (κ1) is 17.2. The Morgan fingerprint density at radius 2 is 1.95 bits per heavy atom. The van der Waals surface area contributed by atoms with Crippen LogP contribution in [0.15, 0.2) is 12.3 Å². The molecular weight excluding hydrogens is 327 g/mol. The summed E-state index contributed by atoms with van der Waals surface area (Å²) in [6.45, 7) is 5.90. The predicted molar refractivity (Wildman–Crippen MR) is 90.0 cm³/mol. The van der Waals surface area contributed by atoms with Crippen molar-refractivity contribution in [3.63, 3.8) is 0 Å². The van der Waals surface area contributed by atoms with Gasteiger partial charge in [-0.1, -0.05) is 36.0 Å². The van der Waals surface area contributed by atoms with Gasteiger partial charge in [0.2, 0.25) is 0 Å². The molecule has 0 spiro atoms. The molecule has 1 aliphatic carbocycles. The van der Waals surface area contributed by atoms with Crippen LogP contribution in [-0.2, 0) is 11.0 Å². The first-order valence-corrected chi connectivity index (χ1v) is 9.18. The fourth-order valence-electron chi connectivity index (χ4n) is 2.63. The van der Waals surface area contributed by atoms with Crippen molar-refractivity contribution >= 4 is 34.2 Å². The largest absolute Gasteiger partial charge is 0.243 e. The van der Waals surface area contributed by atoms with Crippen LogP contribution in [0.2, 0.25) is 10.2 Å². The van der Waals surface area contributed by atoms with E-state index in [1.807, 2.05) is 26.8 Å². The summed E-state index contributed by atoms with van der Waals surface area (Å²) < 4.78 is 15.5. The second-order valence-electron chi connectivity index (χ2n) is 6.56. The summed E-state index contributed by atoms with van der Waals surface area (Å²) in [5.41, 5.74) is 0.967. The summed E-state index contributed by atoms with van der Waals surface area (Å²) in [4.78, 5) is 4.13. The molecule has 2 rings (SSSR count). The Labute approximate surface area is 139 Å². The first-order valence-electron chi connectivity index (χ1n) is 7.28. The summed E-state index contributed by atoms with van der Waals surface area (Å²) in [5.74, 6) is 0.468. The Morgan fingerprint density at radius 3 is 2.48 bits per heavy atom. The third-order valence-electron chi connectivity index (χ3n) is 3.84. The molecule has 0 bridgehead atoms. The third-order valence-corrected chi connectivity index (χ3v) is 6.10. The predicted octanol–water partition coefficient (Wildman–Crippen LogP) is 4.67. The lowest BCUT2D eigenvalue weighted by atomic mass is 9.93. The van der Waals surface area contributed by atoms with E-state index in [9.17, 15) is 4.21 Å². The average Bonchev–Trinajstić information content (AvgIpc) is 2.91. The second-order valence-corrected chi connectivity index (χ2v) is 9.33. The molecule has 1 aliphatic rings. The van der Waals surface area contributed by atoms with Crippen molar-refractivity contribution in [2.24, 2.45) is 5.92 Å². The normalized spacial score (nSPS) is 19.7. The van der Waals surface area contributed by atoms with Gasteiger partial charge in [0.15, 0.2) is 0 Å². The van der Waals surface area contributed by atoms with Crippen molar-refractivity contribution in [2.75, 3.05) is 0 Å². The van der Waals surface area contributed by atoms with Crippen LogP contribution in [0.1, 0.15) is 58.1 Å². The first-order chi connectivity index (χ1) is 9.79. The van der Waals surface area contributed by atoms with Gasteiger partial charge in [0.1, 0.15) is 5.15 Å². The van der Waals surface area contributed by atoms with Crippen LogP contribution in [0.4, 0.5) is 0 Å². The minimum Gasteiger partial charge on any atom is -0.243 e. The maximum Gasteiger partial charge on any atom is 0.147 e. The molecule has 1 aromatic rings. The molecule has 0 aliphatic heterocycles. The number of aromatic nitrogens is 1. The highest BCUT2D eigenvalue weighted by Crippen LogP contribution is 2.37. The van der Waals surface area contributed by atoms with Crippen LogP contribution >= 0.6 is 23.2 Å². The Morgan fingerprint density at radius 1 is 1.33 bits per heavy atom. The zero-order valence-corrected chi connectivity index (χ0v) is 15.0. The van der Waals surface area contributed by atoms with E-state index in [1.165, 1.54) is 12.8 Å². The molecule has 0 saturated heterocycles. The monoisotopic (exact) mass is 348 g/mol. The second kappa shape index (κ2) is 6.95. The van der Waals surface area contributed by atoms with Crippen LogP contribution in [0.5, 0.6) is 0 Å². The molecule has 6 heteroatoms. The van der Waals surface area contributed by atoms with E-state index in [2.05, 4.69) is 9.71 Å². The average molecular weight is 349 g/mol. The number of hydrogen-bond donors (Lipinski definition) is 1. The van der Waals surface area contributed by atoms with Gasteiger partial charge in [-0.2, -0.15) is 0 Å². The maximum absolute atomic E-state index is 12.5. The standard InChI is InChI=1S/C15H22Cl2N2OS/c1-15(2,3)21(20)19-13(10-6-4-5-7-10)11-8-12(16)14(17)18-9-11/h8-10,13,19H,4-7H2,1-3H3/t13-,21-/m1/s1. The van der Waals surface area contributed by atoms with Crippen LogP contribution in [0, 0.1) is 5.92 Å². The lowest BCUT2D eigenvalue weighted by Gasteiger charge is -2.28. The molecule has 21 heavy (non-hydrogen) atoms. The molecule has 0 aromatic carbocycles. The van der Waals surface area contributed by atoms with Crippen molar-refractivity contribution < 1.29 is 4.21 Å². The van der Waals surface area contributed by atoms with Gasteiger partial charge in [-0.3, -0.25) is 0 Å². The molecule has 1 aromatic heterocycles. The van der Waals surface area contributed by atoms with E-state index >= 15 is 0 Å². The van der Waals surface area contributed by atoms with E-state index in [-0.39, 0.29) is 10.8 Å². The van der Waals surface area contributed by atoms with Crippen molar-refractivity contribution in [1.82, 2.24) is 9.71 Å². The van der Waals surface area contributed by atoms with Gasteiger partial charge in [0, 0.05) is 12.2 Å². The van der Waals surface area contributed by atoms with Crippen molar-refractivity contribution in [3.8, 4) is 0 Å². The molecule has 1 N–H and O–H groups in total. The van der Waals surface area contributed by atoms with E-state index in [1.54, 1.807) is 6.20 Å². The quantitative estimate of drug-likeness (QED) is 0.803. The Hall–Kier alpha value is -0.160. The zero-order valence-electron chi connectivity index (χ0n) is 12.7. The molecule has 0 unspecified atom stereocenters. The van der Waals surface area contributed by atoms with Crippen molar-refractivity contribution in [3.05, 3.63) is 28.0 Å². The molecule has 0 amide bonds. The van der Waals surface area contributed by atoms with Gasteiger partial charge in [-0.05, 0) is 51.2 Å². The number of pyridine rings is 1. The molecule has 0 radical (unpaired) electrons. The fourth-order valence-corrected chi connectivity index (χ4v) is 3.82. The van der Waals surface area contributed by atoms with Crippen LogP contribution in [-0.4, -0.2) is 13.9 Å². The van der Waals surface area contributed by atoms with E-state index in [0.717, 1.165) is 18.4 Å². The molecule has 1 fully saturated rings. The summed E-state index contributed by atoms with van der Waals surface area (Å²) in [6.07, 6.45) is 6.46. The number of nitrogens with one attached hydrogen (secondary N) is 1. The SMILES string of the molecule is CC(C)(C)[S@@](=O)N[C@@H](c1cnc(Cl)c(Cl)c1)C1CCCC1. The van der Waals surface area contributed by atoms with Crippen LogP contribution in [0.3, 0.4) is 0 Å². The van der Waals surface area contributed by atoms with Gasteiger partial charge >= 0.3 is 0 Å². The third kappa shape index (κ3) is 4.41. The highest BCUT2D eigenvalue weighted by Gasteiger charge is 2.31. The number of nitrogens with zero attached hydrogens (tertiary/aromatic N) is 1. The zero-order chi connectivity index (χ0) is 15.6. The van der Waals surface area contributed by atoms with Crippen molar-refractivity contribution in [1.29, 1.82) is 0 Å². The lowest BCUT2D eigenvalue weighted by Crippen LogP contribution is -2.38. The Bertz CT molecular complexity index is 525. The molecule has 2 atom stereocenters. The molecule has 1 saturated carbocycles. The van der Waals surface area contributed by atoms with Gasteiger partial charge in [-0.15, -0.1) is 0 Å². The summed E-state index contributed by atoms with van der Waals surface area (Å²) in [5, 5.41) is 0.753. The highest BCUT2D eigenvalue weighted by molar-refractivity contribution is 7.84. The number of hydrogen-bond acceptors (Lipinski definition) is 2. The van der Waals surface area contributed by atoms with E-state index in [4.69, 9.17) is 23.2 Å². The summed E-state index contributed by atoms with van der Waals surface area (Å²) in [6, 6.07) is 1.85. The maximum atomic E-state index is 12.5. The Kier molecular flexibility index (Phi) is 5.69. The molecule has 1 heterocycles. The van der Waals surface area contributed by atoms with Gasteiger partial charge < -0.3 is 0 Å². The summed E-state index contributed by atoms with van der Waals surface area (Å²) >= 11 is 12.0. The van der Waals surface area contributed by atoms with Gasteiger partial charge in [-0.25, -0.2) is 13.9 Å². The van der Waals surface area contributed by atoms with Crippen LogP contribution in [0.25, 0.3) is 0 Å². The van der Waals surface area contributed by atoms with E-state index in [0.29, 0.717) is 16.1 Å². The van der Waals surface area contributed by atoms with Gasteiger partial charge in [0.25, 0.3) is 0 Å².